The SMILES string of the molecule is Cc1sc(=S)sc1-c1ccccc1. The first-order valence-electron chi connectivity index (χ1n) is 3.93. The van der Waals surface area contributed by atoms with E-state index >= 15 is 0 Å². The molecule has 1 heterocycles. The Bertz CT molecular complexity index is 451. The largest absolute Gasteiger partial charge is 0.144 e. The minimum atomic E-state index is 1.01. The Morgan fingerprint density at radius 3 is 2.31 bits per heavy atom. The third-order valence-electron chi connectivity index (χ3n) is 1.78. The molecule has 0 saturated carbocycles. The minimum absolute atomic E-state index is 1.01. The lowest BCUT2D eigenvalue weighted by molar-refractivity contribution is 1.62. The fraction of sp³-hybridized carbons (Fsp3) is 0.100. The first-order chi connectivity index (χ1) is 6.27. The molecule has 0 aliphatic rings. The molecule has 0 aliphatic carbocycles. The van der Waals surface area contributed by atoms with E-state index in [9.17, 15) is 0 Å². The maximum atomic E-state index is 5.16. The van der Waals surface area contributed by atoms with Crippen LogP contribution in [0.25, 0.3) is 10.4 Å². The fourth-order valence-electron chi connectivity index (χ4n) is 1.20. The van der Waals surface area contributed by atoms with Gasteiger partial charge in [0.1, 0.15) is 3.14 Å². The van der Waals surface area contributed by atoms with Crippen molar-refractivity contribution in [2.24, 2.45) is 0 Å². The van der Waals surface area contributed by atoms with Crippen LogP contribution in [0.2, 0.25) is 0 Å². The molecule has 2 aromatic rings. The topological polar surface area (TPSA) is 0 Å². The molecule has 1 aromatic heterocycles. The highest BCUT2D eigenvalue weighted by Gasteiger charge is 2.03. The van der Waals surface area contributed by atoms with E-state index in [1.165, 1.54) is 15.3 Å². The summed E-state index contributed by atoms with van der Waals surface area (Å²) in [5, 5.41) is 0. The average Bonchev–Trinajstić information content (AvgIpc) is 2.47. The molecule has 1 aromatic carbocycles. The summed E-state index contributed by atoms with van der Waals surface area (Å²) in [6.45, 7) is 2.12. The second-order valence-corrected chi connectivity index (χ2v) is 6.13. The van der Waals surface area contributed by atoms with Crippen LogP contribution in [0.4, 0.5) is 0 Å². The Morgan fingerprint density at radius 2 is 1.77 bits per heavy atom. The molecule has 0 nitrogen and oxygen atoms in total. The molecule has 0 amide bonds. The predicted octanol–water partition coefficient (Wildman–Crippen LogP) is 4.51. The van der Waals surface area contributed by atoms with Crippen LogP contribution in [0.1, 0.15) is 4.88 Å². The van der Waals surface area contributed by atoms with E-state index in [1.807, 2.05) is 6.07 Å². The molecule has 0 aliphatic heterocycles. The van der Waals surface area contributed by atoms with Crippen LogP contribution < -0.4 is 0 Å². The van der Waals surface area contributed by atoms with Crippen LogP contribution in [-0.4, -0.2) is 0 Å². The second kappa shape index (κ2) is 3.70. The van der Waals surface area contributed by atoms with Crippen LogP contribution in [0.15, 0.2) is 30.3 Å². The maximum Gasteiger partial charge on any atom is 0.144 e. The van der Waals surface area contributed by atoms with Crippen LogP contribution in [-0.2, 0) is 0 Å². The van der Waals surface area contributed by atoms with Crippen LogP contribution in [0.5, 0.6) is 0 Å². The predicted molar refractivity (Wildman–Crippen MR) is 63.2 cm³/mol. The van der Waals surface area contributed by atoms with Crippen molar-refractivity contribution in [3.8, 4) is 10.4 Å². The smallest absolute Gasteiger partial charge is 0.117 e. The molecule has 0 saturated heterocycles. The normalized spacial score (nSPS) is 10.2. The van der Waals surface area contributed by atoms with Crippen LogP contribution in [0, 0.1) is 10.1 Å². The van der Waals surface area contributed by atoms with Gasteiger partial charge in [-0.3, -0.25) is 0 Å². The molecule has 0 radical (unpaired) electrons. The molecule has 0 spiro atoms. The van der Waals surface area contributed by atoms with Crippen molar-refractivity contribution in [2.75, 3.05) is 0 Å². The number of hydrogen-bond donors (Lipinski definition) is 0. The average molecular weight is 224 g/mol. The summed E-state index contributed by atoms with van der Waals surface area (Å²) in [6.07, 6.45) is 0. The van der Waals surface area contributed by atoms with Gasteiger partial charge in [-0.05, 0) is 12.5 Å². The van der Waals surface area contributed by atoms with E-state index < -0.39 is 0 Å². The molecule has 2 rings (SSSR count). The Kier molecular flexibility index (Phi) is 2.58. The molecule has 13 heavy (non-hydrogen) atoms. The van der Waals surface area contributed by atoms with Crippen molar-refractivity contribution >= 4 is 34.9 Å². The molecular weight excluding hydrogens is 216 g/mol. The lowest BCUT2D eigenvalue weighted by atomic mass is 10.2. The maximum absolute atomic E-state index is 5.16. The van der Waals surface area contributed by atoms with Crippen LogP contribution in [0.3, 0.4) is 0 Å². The minimum Gasteiger partial charge on any atom is -0.117 e. The Labute approximate surface area is 90.5 Å². The first kappa shape index (κ1) is 9.06. The van der Waals surface area contributed by atoms with E-state index in [0.29, 0.717) is 0 Å². The number of aryl methyl sites for hydroxylation is 1. The number of hydrogen-bond acceptors (Lipinski definition) is 3. The molecule has 0 fully saturated rings. The van der Waals surface area contributed by atoms with Crippen molar-refractivity contribution in [1.82, 2.24) is 0 Å². The summed E-state index contributed by atoms with van der Waals surface area (Å²) < 4.78 is 1.01. The highest BCUT2D eigenvalue weighted by atomic mass is 32.2. The number of benzene rings is 1. The van der Waals surface area contributed by atoms with E-state index in [4.69, 9.17) is 12.2 Å². The highest BCUT2D eigenvalue weighted by molar-refractivity contribution is 7.76. The van der Waals surface area contributed by atoms with E-state index in [0.717, 1.165) is 3.14 Å². The van der Waals surface area contributed by atoms with Crippen molar-refractivity contribution in [2.45, 2.75) is 6.92 Å². The quantitative estimate of drug-likeness (QED) is 0.642. The lowest BCUT2D eigenvalue weighted by Gasteiger charge is -1.96. The van der Waals surface area contributed by atoms with Gasteiger partial charge in [0.15, 0.2) is 0 Å². The van der Waals surface area contributed by atoms with E-state index in [2.05, 4.69) is 31.2 Å². The van der Waals surface area contributed by atoms with Crippen molar-refractivity contribution < 1.29 is 0 Å². The van der Waals surface area contributed by atoms with Gasteiger partial charge in [0.2, 0.25) is 0 Å². The molecule has 66 valence electrons. The Balaban J connectivity index is 2.59. The van der Waals surface area contributed by atoms with Gasteiger partial charge in [-0.25, -0.2) is 0 Å². The zero-order valence-corrected chi connectivity index (χ0v) is 9.56. The molecule has 0 unspecified atom stereocenters. The molecule has 3 heteroatoms. The monoisotopic (exact) mass is 224 g/mol. The van der Waals surface area contributed by atoms with Gasteiger partial charge in [-0.1, -0.05) is 42.5 Å². The lowest BCUT2D eigenvalue weighted by Crippen LogP contribution is -1.71. The summed E-state index contributed by atoms with van der Waals surface area (Å²) in [4.78, 5) is 2.64. The zero-order valence-electron chi connectivity index (χ0n) is 7.11. The molecule has 0 atom stereocenters. The summed E-state index contributed by atoms with van der Waals surface area (Å²) in [5.74, 6) is 0. The van der Waals surface area contributed by atoms with E-state index in [1.54, 1.807) is 22.7 Å². The van der Waals surface area contributed by atoms with Gasteiger partial charge in [0.25, 0.3) is 0 Å². The van der Waals surface area contributed by atoms with Gasteiger partial charge in [0, 0.05) is 9.75 Å². The van der Waals surface area contributed by atoms with Gasteiger partial charge >= 0.3 is 0 Å². The summed E-state index contributed by atoms with van der Waals surface area (Å²) in [6, 6.07) is 10.4. The van der Waals surface area contributed by atoms with Gasteiger partial charge in [0.05, 0.1) is 0 Å². The summed E-state index contributed by atoms with van der Waals surface area (Å²) in [5.41, 5.74) is 1.28. The summed E-state index contributed by atoms with van der Waals surface area (Å²) >= 11 is 8.56. The van der Waals surface area contributed by atoms with Crippen molar-refractivity contribution in [3.05, 3.63) is 38.3 Å². The zero-order chi connectivity index (χ0) is 9.26. The Morgan fingerprint density at radius 1 is 1.08 bits per heavy atom. The first-order valence-corrected chi connectivity index (χ1v) is 5.97. The van der Waals surface area contributed by atoms with Gasteiger partial charge in [-0.2, -0.15) is 0 Å². The van der Waals surface area contributed by atoms with Gasteiger partial charge < -0.3 is 0 Å². The van der Waals surface area contributed by atoms with Gasteiger partial charge in [-0.15, -0.1) is 22.7 Å². The number of rotatable bonds is 1. The highest BCUT2D eigenvalue weighted by Crippen LogP contribution is 2.33. The fourth-order valence-corrected chi connectivity index (χ4v) is 3.89. The molecule has 0 N–H and O–H groups in total. The third-order valence-corrected chi connectivity index (χ3v) is 4.50. The molecule has 0 bridgehead atoms. The van der Waals surface area contributed by atoms with Crippen LogP contribution >= 0.6 is 34.9 Å². The van der Waals surface area contributed by atoms with E-state index in [-0.39, 0.29) is 0 Å². The standard InChI is InChI=1S/C10H8S3/c1-7-9(13-10(11)12-7)8-5-3-2-4-6-8/h2-6H,1H3. The summed E-state index contributed by atoms with van der Waals surface area (Å²) in [7, 11) is 0. The molecular formula is C10H8S3. The van der Waals surface area contributed by atoms with Crippen molar-refractivity contribution in [3.63, 3.8) is 0 Å². The second-order valence-electron chi connectivity index (χ2n) is 2.71. The van der Waals surface area contributed by atoms with Crippen molar-refractivity contribution in [1.29, 1.82) is 0 Å². The third kappa shape index (κ3) is 1.88. The Hall–Kier alpha value is -0.510.